The molecule has 1 aromatic carbocycles. The number of rotatable bonds is 4. The Morgan fingerprint density at radius 3 is 2.73 bits per heavy atom. The first kappa shape index (κ1) is 11.5. The van der Waals surface area contributed by atoms with Gasteiger partial charge in [0, 0.05) is 5.56 Å². The molecule has 1 aromatic rings. The minimum atomic E-state index is -0.693. The average molecular weight is 211 g/mol. The van der Waals surface area contributed by atoms with Crippen LogP contribution in [0.1, 0.15) is 22.0 Å². The summed E-state index contributed by atoms with van der Waals surface area (Å²) in [4.78, 5) is 10.8. The van der Waals surface area contributed by atoms with Crippen LogP contribution in [0.5, 0.6) is 11.5 Å². The molecular weight excluding hydrogens is 198 g/mol. The van der Waals surface area contributed by atoms with E-state index in [1.54, 1.807) is 0 Å². The molecule has 0 aliphatic heterocycles. The summed E-state index contributed by atoms with van der Waals surface area (Å²) < 4.78 is 4.84. The molecule has 82 valence electrons. The minimum absolute atomic E-state index is 0.109. The number of carbonyl (C=O) groups excluding carboxylic acids is 1. The fourth-order valence-corrected chi connectivity index (χ4v) is 1.29. The molecule has 1 atom stereocenters. The van der Waals surface area contributed by atoms with Crippen LogP contribution >= 0.6 is 0 Å². The van der Waals surface area contributed by atoms with Gasteiger partial charge in [-0.25, -0.2) is 0 Å². The lowest BCUT2D eigenvalue weighted by atomic mass is 10.0. The lowest BCUT2D eigenvalue weighted by Gasteiger charge is -2.13. The van der Waals surface area contributed by atoms with Crippen molar-refractivity contribution in [3.05, 3.63) is 23.3 Å². The number of carbonyl (C=O) groups is 1. The van der Waals surface area contributed by atoms with E-state index in [9.17, 15) is 9.90 Å². The van der Waals surface area contributed by atoms with E-state index in [1.165, 1.54) is 19.2 Å². The monoisotopic (exact) mass is 211 g/mol. The Morgan fingerprint density at radius 2 is 2.27 bits per heavy atom. The predicted octanol–water partition coefficient (Wildman–Crippen LogP) is 0.205. The second-order valence-corrected chi connectivity index (χ2v) is 3.06. The highest BCUT2D eigenvalue weighted by Crippen LogP contribution is 2.30. The van der Waals surface area contributed by atoms with E-state index in [0.717, 1.165) is 0 Å². The van der Waals surface area contributed by atoms with Crippen molar-refractivity contribution in [2.75, 3.05) is 13.7 Å². The molecule has 0 bridgehead atoms. The molecule has 0 aromatic heterocycles. The summed E-state index contributed by atoms with van der Waals surface area (Å²) in [5, 5.41) is 18.3. The van der Waals surface area contributed by atoms with Crippen molar-refractivity contribution < 1.29 is 19.7 Å². The van der Waals surface area contributed by atoms with Crippen LogP contribution in [-0.4, -0.2) is 30.2 Å². The number of aliphatic hydroxyl groups is 1. The van der Waals surface area contributed by atoms with Crippen LogP contribution in [0.25, 0.3) is 0 Å². The van der Waals surface area contributed by atoms with Crippen molar-refractivity contribution in [3.8, 4) is 11.5 Å². The first-order valence-electron chi connectivity index (χ1n) is 4.36. The molecular formula is C10H13NO4. The molecule has 0 saturated heterocycles. The second-order valence-electron chi connectivity index (χ2n) is 3.06. The SMILES string of the molecule is COc1cc(C=O)c(C(N)CO)cc1O. The maximum Gasteiger partial charge on any atom is 0.161 e. The molecule has 4 N–H and O–H groups in total. The molecule has 15 heavy (non-hydrogen) atoms. The van der Waals surface area contributed by atoms with E-state index >= 15 is 0 Å². The number of aliphatic hydroxyl groups excluding tert-OH is 1. The average Bonchev–Trinajstić information content (AvgIpc) is 2.27. The summed E-state index contributed by atoms with van der Waals surface area (Å²) in [5.41, 5.74) is 6.26. The van der Waals surface area contributed by atoms with Crippen LogP contribution in [0, 0.1) is 0 Å². The van der Waals surface area contributed by atoms with Crippen LogP contribution in [0.2, 0.25) is 0 Å². The number of aromatic hydroxyl groups is 1. The molecule has 0 aliphatic carbocycles. The highest BCUT2D eigenvalue weighted by molar-refractivity contribution is 5.79. The molecule has 0 aliphatic rings. The second kappa shape index (κ2) is 4.77. The van der Waals surface area contributed by atoms with Gasteiger partial charge in [0.05, 0.1) is 19.8 Å². The van der Waals surface area contributed by atoms with Crippen molar-refractivity contribution in [1.82, 2.24) is 0 Å². The maximum absolute atomic E-state index is 10.8. The lowest BCUT2D eigenvalue weighted by molar-refractivity contribution is 0.112. The Bertz CT molecular complexity index is 365. The minimum Gasteiger partial charge on any atom is -0.504 e. The van der Waals surface area contributed by atoms with E-state index in [0.29, 0.717) is 17.4 Å². The highest BCUT2D eigenvalue weighted by Gasteiger charge is 2.14. The zero-order chi connectivity index (χ0) is 11.4. The number of hydrogen-bond donors (Lipinski definition) is 3. The first-order chi connectivity index (χ1) is 7.13. The quantitative estimate of drug-likeness (QED) is 0.619. The molecule has 0 spiro atoms. The molecule has 0 amide bonds. The topological polar surface area (TPSA) is 92.8 Å². The Kier molecular flexibility index (Phi) is 3.65. The van der Waals surface area contributed by atoms with E-state index in [1.807, 2.05) is 0 Å². The summed E-state index contributed by atoms with van der Waals surface area (Å²) in [5.74, 6) is 0.0907. The Morgan fingerprint density at radius 1 is 1.60 bits per heavy atom. The van der Waals surface area contributed by atoms with Gasteiger partial charge in [-0.15, -0.1) is 0 Å². The van der Waals surface area contributed by atoms with Crippen molar-refractivity contribution in [2.45, 2.75) is 6.04 Å². The van der Waals surface area contributed by atoms with E-state index in [4.69, 9.17) is 15.6 Å². The zero-order valence-electron chi connectivity index (χ0n) is 8.30. The number of benzene rings is 1. The highest BCUT2D eigenvalue weighted by atomic mass is 16.5. The third-order valence-corrected chi connectivity index (χ3v) is 2.11. The number of aldehydes is 1. The van der Waals surface area contributed by atoms with E-state index < -0.39 is 6.04 Å². The van der Waals surface area contributed by atoms with Gasteiger partial charge in [-0.1, -0.05) is 0 Å². The standard InChI is InChI=1S/C10H13NO4/c1-15-10-2-6(4-12)7(3-9(10)14)8(11)5-13/h2-4,8,13-14H,5,11H2,1H3. The number of methoxy groups -OCH3 is 1. The van der Waals surface area contributed by atoms with Crippen LogP contribution in [0.3, 0.4) is 0 Å². The first-order valence-corrected chi connectivity index (χ1v) is 4.36. The van der Waals surface area contributed by atoms with Gasteiger partial charge in [0.15, 0.2) is 17.8 Å². The van der Waals surface area contributed by atoms with Crippen LogP contribution in [0.4, 0.5) is 0 Å². The van der Waals surface area contributed by atoms with Gasteiger partial charge in [0.1, 0.15) is 0 Å². The van der Waals surface area contributed by atoms with Gasteiger partial charge in [0.25, 0.3) is 0 Å². The molecule has 0 saturated carbocycles. The van der Waals surface area contributed by atoms with Gasteiger partial charge >= 0.3 is 0 Å². The number of hydrogen-bond acceptors (Lipinski definition) is 5. The van der Waals surface area contributed by atoms with Gasteiger partial charge in [0.2, 0.25) is 0 Å². The molecule has 0 fully saturated rings. The van der Waals surface area contributed by atoms with E-state index in [2.05, 4.69) is 0 Å². The smallest absolute Gasteiger partial charge is 0.161 e. The van der Waals surface area contributed by atoms with Crippen molar-refractivity contribution in [3.63, 3.8) is 0 Å². The van der Waals surface area contributed by atoms with Crippen molar-refractivity contribution in [1.29, 1.82) is 0 Å². The largest absolute Gasteiger partial charge is 0.504 e. The number of nitrogens with two attached hydrogens (primary N) is 1. The molecule has 1 rings (SSSR count). The van der Waals surface area contributed by atoms with Gasteiger partial charge in [-0.2, -0.15) is 0 Å². The normalized spacial score (nSPS) is 12.2. The Labute approximate surface area is 87.1 Å². The van der Waals surface area contributed by atoms with Gasteiger partial charge < -0.3 is 20.7 Å². The van der Waals surface area contributed by atoms with Gasteiger partial charge in [-0.05, 0) is 17.7 Å². The van der Waals surface area contributed by atoms with Crippen LogP contribution in [-0.2, 0) is 0 Å². The fraction of sp³-hybridized carbons (Fsp3) is 0.300. The third kappa shape index (κ3) is 2.26. The van der Waals surface area contributed by atoms with E-state index in [-0.39, 0.29) is 18.1 Å². The maximum atomic E-state index is 10.8. The predicted molar refractivity (Wildman–Crippen MR) is 54.1 cm³/mol. The summed E-state index contributed by atoms with van der Waals surface area (Å²) in [6, 6.07) is 2.01. The van der Waals surface area contributed by atoms with Gasteiger partial charge in [-0.3, -0.25) is 4.79 Å². The molecule has 5 nitrogen and oxygen atoms in total. The van der Waals surface area contributed by atoms with Crippen molar-refractivity contribution >= 4 is 6.29 Å². The third-order valence-electron chi connectivity index (χ3n) is 2.11. The molecule has 0 radical (unpaired) electrons. The number of ether oxygens (including phenoxy) is 1. The lowest BCUT2D eigenvalue weighted by Crippen LogP contribution is -2.16. The molecule has 0 heterocycles. The Balaban J connectivity index is 3.27. The van der Waals surface area contributed by atoms with Crippen LogP contribution in [0.15, 0.2) is 12.1 Å². The fourth-order valence-electron chi connectivity index (χ4n) is 1.29. The molecule has 1 unspecified atom stereocenters. The number of phenols is 1. The summed E-state index contributed by atoms with van der Waals surface area (Å²) in [7, 11) is 1.38. The Hall–Kier alpha value is -1.59. The number of phenolic OH excluding ortho intramolecular Hbond substituents is 1. The zero-order valence-corrected chi connectivity index (χ0v) is 8.30. The van der Waals surface area contributed by atoms with Crippen LogP contribution < -0.4 is 10.5 Å². The summed E-state index contributed by atoms with van der Waals surface area (Å²) in [6.07, 6.45) is 0.604. The van der Waals surface area contributed by atoms with Crippen molar-refractivity contribution in [2.24, 2.45) is 5.73 Å². The summed E-state index contributed by atoms with van der Waals surface area (Å²) >= 11 is 0. The summed E-state index contributed by atoms with van der Waals surface area (Å²) in [6.45, 7) is -0.299. The molecule has 5 heteroatoms.